The molecule has 12 heavy (non-hydrogen) atoms. The van der Waals surface area contributed by atoms with Gasteiger partial charge in [-0.1, -0.05) is 5.92 Å². The molecule has 0 spiro atoms. The summed E-state index contributed by atoms with van der Waals surface area (Å²) in [5, 5.41) is 3.31. The van der Waals surface area contributed by atoms with E-state index in [1.54, 1.807) is 0 Å². The van der Waals surface area contributed by atoms with Crippen molar-refractivity contribution >= 4 is 0 Å². The van der Waals surface area contributed by atoms with Crippen LogP contribution in [0, 0.1) is 12.3 Å². The van der Waals surface area contributed by atoms with Gasteiger partial charge in [0.1, 0.15) is 0 Å². The molecule has 1 N–H and O–H groups in total. The molecule has 68 valence electrons. The summed E-state index contributed by atoms with van der Waals surface area (Å²) in [6.07, 6.45) is 7.29. The summed E-state index contributed by atoms with van der Waals surface area (Å²) in [6, 6.07) is 0.532. The molecule has 2 heteroatoms. The Bertz CT molecular complexity index is 181. The van der Waals surface area contributed by atoms with Crippen molar-refractivity contribution in [1.82, 2.24) is 5.32 Å². The van der Waals surface area contributed by atoms with Gasteiger partial charge in [-0.25, -0.2) is 0 Å². The number of hydrogen-bond donors (Lipinski definition) is 1. The van der Waals surface area contributed by atoms with Crippen LogP contribution < -0.4 is 5.32 Å². The quantitative estimate of drug-likeness (QED) is 0.623. The van der Waals surface area contributed by atoms with Gasteiger partial charge < -0.3 is 10.1 Å². The second-order valence-corrected chi connectivity index (χ2v) is 3.88. The molecule has 0 aromatic heterocycles. The summed E-state index contributed by atoms with van der Waals surface area (Å²) in [5.74, 6) is 2.59. The van der Waals surface area contributed by atoms with Crippen molar-refractivity contribution in [2.75, 3.05) is 13.2 Å². The summed E-state index contributed by atoms with van der Waals surface area (Å²) in [7, 11) is 0. The third kappa shape index (κ3) is 2.84. The van der Waals surface area contributed by atoms with E-state index in [9.17, 15) is 0 Å². The Morgan fingerprint density at radius 3 is 3.00 bits per heavy atom. The molecule has 1 heterocycles. The van der Waals surface area contributed by atoms with E-state index in [-0.39, 0.29) is 5.60 Å². The van der Waals surface area contributed by atoms with Crippen LogP contribution in [0.25, 0.3) is 0 Å². The smallest absolute Gasteiger partial charge is 0.0641 e. The van der Waals surface area contributed by atoms with Gasteiger partial charge in [0, 0.05) is 12.6 Å². The van der Waals surface area contributed by atoms with Gasteiger partial charge in [0.2, 0.25) is 0 Å². The third-order valence-corrected chi connectivity index (χ3v) is 2.19. The number of ether oxygens (including phenoxy) is 1. The van der Waals surface area contributed by atoms with Gasteiger partial charge in [0.15, 0.2) is 0 Å². The van der Waals surface area contributed by atoms with Crippen molar-refractivity contribution in [2.24, 2.45) is 0 Å². The van der Waals surface area contributed by atoms with Gasteiger partial charge in [-0.05, 0) is 26.7 Å². The van der Waals surface area contributed by atoms with Crippen LogP contribution in [0.1, 0.15) is 26.7 Å². The lowest BCUT2D eigenvalue weighted by molar-refractivity contribution is -0.0623. The normalized spacial score (nSPS) is 27.9. The molecule has 0 saturated carbocycles. The third-order valence-electron chi connectivity index (χ3n) is 2.19. The Kier molecular flexibility index (Phi) is 3.13. The van der Waals surface area contributed by atoms with Crippen molar-refractivity contribution in [3.63, 3.8) is 0 Å². The van der Waals surface area contributed by atoms with Gasteiger partial charge in [-0.3, -0.25) is 0 Å². The molecule has 0 radical (unpaired) electrons. The van der Waals surface area contributed by atoms with Gasteiger partial charge in [-0.2, -0.15) is 0 Å². The molecule has 1 unspecified atom stereocenters. The first-order valence-electron chi connectivity index (χ1n) is 4.45. The van der Waals surface area contributed by atoms with Crippen LogP contribution in [0.2, 0.25) is 0 Å². The highest BCUT2D eigenvalue weighted by atomic mass is 16.5. The molecule has 1 rings (SSSR count). The van der Waals surface area contributed by atoms with Crippen LogP contribution in [-0.2, 0) is 4.74 Å². The number of rotatable bonds is 2. The van der Waals surface area contributed by atoms with E-state index in [0.29, 0.717) is 12.6 Å². The number of nitrogens with one attached hydrogen (secondary N) is 1. The zero-order valence-electron chi connectivity index (χ0n) is 7.89. The van der Waals surface area contributed by atoms with Crippen molar-refractivity contribution in [3.8, 4) is 12.3 Å². The average molecular weight is 167 g/mol. The summed E-state index contributed by atoms with van der Waals surface area (Å²) in [5.41, 5.74) is 0.0184. The van der Waals surface area contributed by atoms with Crippen LogP contribution >= 0.6 is 0 Å². The zero-order valence-corrected chi connectivity index (χ0v) is 7.89. The first kappa shape index (κ1) is 9.57. The standard InChI is InChI=1S/C10H17NO/c1-4-6-11-9-5-7-12-10(2,3)8-9/h1,9,11H,5-8H2,2-3H3. The fraction of sp³-hybridized carbons (Fsp3) is 0.800. The van der Waals surface area contributed by atoms with Crippen molar-refractivity contribution in [3.05, 3.63) is 0 Å². The molecule has 0 aromatic rings. The lowest BCUT2D eigenvalue weighted by atomic mass is 9.94. The Morgan fingerprint density at radius 1 is 1.67 bits per heavy atom. The van der Waals surface area contributed by atoms with Crippen LogP contribution in [0.5, 0.6) is 0 Å². The first-order chi connectivity index (χ1) is 5.64. The second-order valence-electron chi connectivity index (χ2n) is 3.88. The SMILES string of the molecule is C#CCNC1CCOC(C)(C)C1. The van der Waals surface area contributed by atoms with Gasteiger partial charge in [0.25, 0.3) is 0 Å². The van der Waals surface area contributed by atoms with Crippen LogP contribution in [-0.4, -0.2) is 24.8 Å². The van der Waals surface area contributed by atoms with Gasteiger partial charge in [0.05, 0.1) is 12.1 Å². The number of hydrogen-bond acceptors (Lipinski definition) is 2. The van der Waals surface area contributed by atoms with E-state index in [2.05, 4.69) is 25.1 Å². The molecular weight excluding hydrogens is 150 g/mol. The van der Waals surface area contributed by atoms with Crippen molar-refractivity contribution in [2.45, 2.75) is 38.3 Å². The summed E-state index contributed by atoms with van der Waals surface area (Å²) >= 11 is 0. The predicted octanol–water partition coefficient (Wildman–Crippen LogP) is 1.17. The Balaban J connectivity index is 2.32. The van der Waals surface area contributed by atoms with Crippen molar-refractivity contribution in [1.29, 1.82) is 0 Å². The van der Waals surface area contributed by atoms with E-state index >= 15 is 0 Å². The molecule has 0 aliphatic carbocycles. The molecule has 2 nitrogen and oxygen atoms in total. The Hall–Kier alpha value is -0.520. The number of terminal acetylenes is 1. The molecule has 1 aliphatic rings. The maximum Gasteiger partial charge on any atom is 0.0641 e. The van der Waals surface area contributed by atoms with Crippen molar-refractivity contribution < 1.29 is 4.74 Å². The fourth-order valence-corrected chi connectivity index (χ4v) is 1.61. The highest BCUT2D eigenvalue weighted by Crippen LogP contribution is 2.23. The van der Waals surface area contributed by atoms with Gasteiger partial charge in [-0.15, -0.1) is 6.42 Å². The molecule has 1 aliphatic heterocycles. The van der Waals surface area contributed by atoms with E-state index < -0.39 is 0 Å². The average Bonchev–Trinajstić information content (AvgIpc) is 1.99. The molecular formula is C10H17NO. The van der Waals surface area contributed by atoms with Crippen LogP contribution in [0.15, 0.2) is 0 Å². The topological polar surface area (TPSA) is 21.3 Å². The monoisotopic (exact) mass is 167 g/mol. The highest BCUT2D eigenvalue weighted by Gasteiger charge is 2.27. The fourth-order valence-electron chi connectivity index (χ4n) is 1.61. The zero-order chi connectivity index (χ0) is 9.03. The van der Waals surface area contributed by atoms with E-state index in [4.69, 9.17) is 11.2 Å². The van der Waals surface area contributed by atoms with E-state index in [1.165, 1.54) is 0 Å². The minimum atomic E-state index is 0.0184. The molecule has 0 bridgehead atoms. The molecule has 1 saturated heterocycles. The minimum Gasteiger partial charge on any atom is -0.375 e. The molecule has 1 atom stereocenters. The highest BCUT2D eigenvalue weighted by molar-refractivity contribution is 4.90. The lowest BCUT2D eigenvalue weighted by Gasteiger charge is -2.35. The second kappa shape index (κ2) is 3.93. The lowest BCUT2D eigenvalue weighted by Crippen LogP contribution is -2.43. The van der Waals surface area contributed by atoms with Crippen LogP contribution in [0.4, 0.5) is 0 Å². The Morgan fingerprint density at radius 2 is 2.42 bits per heavy atom. The minimum absolute atomic E-state index is 0.0184. The van der Waals surface area contributed by atoms with E-state index in [1.807, 2.05) is 0 Å². The summed E-state index contributed by atoms with van der Waals surface area (Å²) in [6.45, 7) is 5.75. The predicted molar refractivity (Wildman–Crippen MR) is 49.9 cm³/mol. The summed E-state index contributed by atoms with van der Waals surface area (Å²) in [4.78, 5) is 0. The van der Waals surface area contributed by atoms with Crippen LogP contribution in [0.3, 0.4) is 0 Å². The molecule has 0 aromatic carbocycles. The maximum absolute atomic E-state index is 5.58. The Labute approximate surface area is 74.7 Å². The molecule has 1 fully saturated rings. The van der Waals surface area contributed by atoms with Gasteiger partial charge >= 0.3 is 0 Å². The molecule has 0 amide bonds. The maximum atomic E-state index is 5.58. The van der Waals surface area contributed by atoms with E-state index in [0.717, 1.165) is 19.4 Å². The largest absolute Gasteiger partial charge is 0.375 e. The summed E-state index contributed by atoms with van der Waals surface area (Å²) < 4.78 is 5.58. The first-order valence-corrected chi connectivity index (χ1v) is 4.45.